The molecule has 1 aromatic rings. The Morgan fingerprint density at radius 2 is 2.43 bits per heavy atom. The van der Waals surface area contributed by atoms with Crippen molar-refractivity contribution < 1.29 is 4.74 Å². The molecule has 78 valence electrons. The van der Waals surface area contributed by atoms with Gasteiger partial charge in [0, 0.05) is 25.3 Å². The summed E-state index contributed by atoms with van der Waals surface area (Å²) in [4.78, 5) is 18.1. The lowest BCUT2D eigenvalue weighted by Crippen LogP contribution is -2.17. The van der Waals surface area contributed by atoms with Crippen LogP contribution in [0.2, 0.25) is 0 Å². The van der Waals surface area contributed by atoms with Gasteiger partial charge in [-0.25, -0.2) is 4.98 Å². The van der Waals surface area contributed by atoms with E-state index < -0.39 is 0 Å². The highest BCUT2D eigenvalue weighted by Crippen LogP contribution is 2.08. The first-order valence-electron chi connectivity index (χ1n) is 4.50. The van der Waals surface area contributed by atoms with Crippen LogP contribution in [0.3, 0.4) is 0 Å². The normalized spacial score (nSPS) is 12.8. The molecule has 0 saturated carbocycles. The highest BCUT2D eigenvalue weighted by atomic mass is 16.5. The number of hydrogen-bond donors (Lipinski definition) is 2. The third-order valence-corrected chi connectivity index (χ3v) is 1.95. The Bertz CT molecular complexity index is 348. The summed E-state index contributed by atoms with van der Waals surface area (Å²) in [6.07, 6.45) is 0.397. The Hall–Kier alpha value is -1.20. The van der Waals surface area contributed by atoms with Crippen molar-refractivity contribution >= 4 is 0 Å². The second kappa shape index (κ2) is 4.88. The van der Waals surface area contributed by atoms with Gasteiger partial charge in [-0.3, -0.25) is 4.79 Å². The Balaban J connectivity index is 3.00. The van der Waals surface area contributed by atoms with Crippen molar-refractivity contribution in [2.45, 2.75) is 19.4 Å². The molecule has 0 amide bonds. The van der Waals surface area contributed by atoms with Crippen molar-refractivity contribution in [2.24, 2.45) is 5.73 Å². The van der Waals surface area contributed by atoms with E-state index in [0.29, 0.717) is 24.5 Å². The van der Waals surface area contributed by atoms with Crippen LogP contribution in [0.4, 0.5) is 0 Å². The van der Waals surface area contributed by atoms with Gasteiger partial charge >= 0.3 is 0 Å². The summed E-state index contributed by atoms with van der Waals surface area (Å²) in [6, 6.07) is 1.46. The van der Waals surface area contributed by atoms with Gasteiger partial charge in [0.1, 0.15) is 11.9 Å². The zero-order valence-corrected chi connectivity index (χ0v) is 8.41. The molecule has 5 nitrogen and oxygen atoms in total. The minimum Gasteiger partial charge on any atom is -0.374 e. The predicted octanol–water partition coefficient (Wildman–Crippen LogP) is -0.0215. The fourth-order valence-electron chi connectivity index (χ4n) is 1.11. The quantitative estimate of drug-likeness (QED) is 0.710. The molecule has 1 heterocycles. The molecular weight excluding hydrogens is 182 g/mol. The molecule has 0 aliphatic heterocycles. The number of ether oxygens (including phenoxy) is 1. The number of H-pyrrole nitrogens is 1. The van der Waals surface area contributed by atoms with Gasteiger partial charge in [0.15, 0.2) is 0 Å². The van der Waals surface area contributed by atoms with Gasteiger partial charge in [0.05, 0.1) is 0 Å². The van der Waals surface area contributed by atoms with Crippen LogP contribution in [-0.2, 0) is 11.2 Å². The highest BCUT2D eigenvalue weighted by molar-refractivity contribution is 5.04. The standard InChI is InChI=1S/C9H15N3O2/c1-6(14-2)9-11-7(3-4-10)5-8(13)12-9/h5-6H,3-4,10H2,1-2H3,(H,11,12,13). The maximum Gasteiger partial charge on any atom is 0.251 e. The molecule has 0 bridgehead atoms. The summed E-state index contributed by atoms with van der Waals surface area (Å²) in [6.45, 7) is 2.31. The number of rotatable bonds is 4. The number of aromatic nitrogens is 2. The van der Waals surface area contributed by atoms with E-state index in [4.69, 9.17) is 10.5 Å². The lowest BCUT2D eigenvalue weighted by Gasteiger charge is -2.09. The third kappa shape index (κ3) is 2.65. The fourth-order valence-corrected chi connectivity index (χ4v) is 1.11. The molecule has 0 spiro atoms. The first-order chi connectivity index (χ1) is 6.67. The van der Waals surface area contributed by atoms with E-state index in [1.54, 1.807) is 7.11 Å². The molecule has 0 fully saturated rings. The maximum absolute atomic E-state index is 11.2. The molecule has 1 atom stereocenters. The molecule has 14 heavy (non-hydrogen) atoms. The average molecular weight is 197 g/mol. The molecule has 1 unspecified atom stereocenters. The largest absolute Gasteiger partial charge is 0.374 e. The summed E-state index contributed by atoms with van der Waals surface area (Å²) in [7, 11) is 1.57. The molecule has 1 rings (SSSR count). The van der Waals surface area contributed by atoms with E-state index in [1.807, 2.05) is 6.92 Å². The van der Waals surface area contributed by atoms with Crippen LogP contribution < -0.4 is 11.3 Å². The Labute approximate surface area is 82.3 Å². The number of nitrogens with one attached hydrogen (secondary N) is 1. The van der Waals surface area contributed by atoms with Crippen LogP contribution >= 0.6 is 0 Å². The zero-order chi connectivity index (χ0) is 10.6. The van der Waals surface area contributed by atoms with Gasteiger partial charge in [-0.05, 0) is 13.5 Å². The van der Waals surface area contributed by atoms with Crippen LogP contribution in [0.1, 0.15) is 24.5 Å². The number of nitrogens with zero attached hydrogens (tertiary/aromatic N) is 1. The average Bonchev–Trinajstić information content (AvgIpc) is 2.16. The van der Waals surface area contributed by atoms with Crippen molar-refractivity contribution in [2.75, 3.05) is 13.7 Å². The molecule has 3 N–H and O–H groups in total. The molecule has 0 aromatic carbocycles. The van der Waals surface area contributed by atoms with Crippen LogP contribution in [0.5, 0.6) is 0 Å². The smallest absolute Gasteiger partial charge is 0.251 e. The van der Waals surface area contributed by atoms with Gasteiger partial charge in [0.2, 0.25) is 0 Å². The molecular formula is C9H15N3O2. The van der Waals surface area contributed by atoms with E-state index in [0.717, 1.165) is 0 Å². The van der Waals surface area contributed by atoms with E-state index in [1.165, 1.54) is 6.07 Å². The summed E-state index contributed by atoms with van der Waals surface area (Å²) < 4.78 is 5.06. The maximum atomic E-state index is 11.2. The lowest BCUT2D eigenvalue weighted by atomic mass is 10.3. The highest BCUT2D eigenvalue weighted by Gasteiger charge is 2.07. The van der Waals surface area contributed by atoms with E-state index in [2.05, 4.69) is 9.97 Å². The fraction of sp³-hybridized carbons (Fsp3) is 0.556. The monoisotopic (exact) mass is 197 g/mol. The lowest BCUT2D eigenvalue weighted by molar-refractivity contribution is 0.111. The zero-order valence-electron chi connectivity index (χ0n) is 8.41. The van der Waals surface area contributed by atoms with E-state index in [-0.39, 0.29) is 11.7 Å². The SMILES string of the molecule is COC(C)c1nc(CCN)cc(=O)[nH]1. The minimum absolute atomic E-state index is 0.164. The Morgan fingerprint density at radius 1 is 1.71 bits per heavy atom. The van der Waals surface area contributed by atoms with Crippen molar-refractivity contribution in [3.05, 3.63) is 27.9 Å². The van der Waals surface area contributed by atoms with Gasteiger partial charge < -0.3 is 15.5 Å². The number of aromatic amines is 1. The molecule has 0 aliphatic carbocycles. The van der Waals surface area contributed by atoms with Crippen molar-refractivity contribution in [3.63, 3.8) is 0 Å². The summed E-state index contributed by atoms with van der Waals surface area (Å²) in [5.74, 6) is 0.545. The second-order valence-electron chi connectivity index (χ2n) is 3.04. The number of methoxy groups -OCH3 is 1. The first kappa shape index (κ1) is 10.9. The summed E-state index contributed by atoms with van der Waals surface area (Å²) >= 11 is 0. The van der Waals surface area contributed by atoms with Crippen molar-refractivity contribution in [3.8, 4) is 0 Å². The number of nitrogens with two attached hydrogens (primary N) is 1. The van der Waals surface area contributed by atoms with Gasteiger partial charge in [-0.1, -0.05) is 0 Å². The van der Waals surface area contributed by atoms with Crippen LogP contribution in [0, 0.1) is 0 Å². The van der Waals surface area contributed by atoms with E-state index in [9.17, 15) is 4.79 Å². The summed E-state index contributed by atoms with van der Waals surface area (Å²) in [5.41, 5.74) is 5.93. The Kier molecular flexibility index (Phi) is 3.79. The number of hydrogen-bond acceptors (Lipinski definition) is 4. The molecule has 0 saturated heterocycles. The molecule has 0 radical (unpaired) electrons. The second-order valence-corrected chi connectivity index (χ2v) is 3.04. The van der Waals surface area contributed by atoms with Gasteiger partial charge in [-0.15, -0.1) is 0 Å². The van der Waals surface area contributed by atoms with Crippen LogP contribution in [0.15, 0.2) is 10.9 Å². The van der Waals surface area contributed by atoms with Crippen LogP contribution in [0.25, 0.3) is 0 Å². The molecule has 0 aliphatic rings. The molecule has 1 aromatic heterocycles. The topological polar surface area (TPSA) is 81.0 Å². The predicted molar refractivity (Wildman–Crippen MR) is 53.0 cm³/mol. The van der Waals surface area contributed by atoms with Crippen LogP contribution in [-0.4, -0.2) is 23.6 Å². The third-order valence-electron chi connectivity index (χ3n) is 1.95. The van der Waals surface area contributed by atoms with Gasteiger partial charge in [-0.2, -0.15) is 0 Å². The van der Waals surface area contributed by atoms with Crippen molar-refractivity contribution in [1.82, 2.24) is 9.97 Å². The van der Waals surface area contributed by atoms with Gasteiger partial charge in [0.25, 0.3) is 5.56 Å². The molecule has 5 heteroatoms. The first-order valence-corrected chi connectivity index (χ1v) is 4.50. The van der Waals surface area contributed by atoms with E-state index >= 15 is 0 Å². The summed E-state index contributed by atoms with van der Waals surface area (Å²) in [5, 5.41) is 0. The van der Waals surface area contributed by atoms with Crippen molar-refractivity contribution in [1.29, 1.82) is 0 Å². The Morgan fingerprint density at radius 3 is 3.00 bits per heavy atom. The minimum atomic E-state index is -0.208.